The van der Waals surface area contributed by atoms with Crippen LogP contribution < -0.4 is 5.56 Å². The largest absolute Gasteiger partial charge is 0.454 e. The normalized spacial score (nSPS) is 12.1. The number of aryl methyl sites for hydroxylation is 1. The van der Waals surface area contributed by atoms with Crippen LogP contribution in [0.3, 0.4) is 0 Å². The van der Waals surface area contributed by atoms with E-state index >= 15 is 0 Å². The lowest BCUT2D eigenvalue weighted by Crippen LogP contribution is -2.18. The van der Waals surface area contributed by atoms with Crippen molar-refractivity contribution >= 4 is 16.9 Å². The molecule has 3 rings (SSSR count). The molecule has 0 aliphatic carbocycles. The summed E-state index contributed by atoms with van der Waals surface area (Å²) >= 11 is 0. The minimum absolute atomic E-state index is 0.189. The third-order valence-corrected chi connectivity index (χ3v) is 3.92. The van der Waals surface area contributed by atoms with Gasteiger partial charge in [0.1, 0.15) is 0 Å². The Morgan fingerprint density at radius 2 is 1.88 bits per heavy atom. The molecule has 0 spiro atoms. The number of esters is 1. The fourth-order valence-electron chi connectivity index (χ4n) is 2.56. The van der Waals surface area contributed by atoms with Crippen molar-refractivity contribution in [3.05, 3.63) is 75.8 Å². The molecule has 0 aliphatic rings. The summed E-state index contributed by atoms with van der Waals surface area (Å²) in [5.74, 6) is -0.00978. The van der Waals surface area contributed by atoms with E-state index in [1.165, 1.54) is 0 Å². The van der Waals surface area contributed by atoms with Gasteiger partial charge >= 0.3 is 5.97 Å². The average molecular weight is 322 g/mol. The molecule has 5 nitrogen and oxygen atoms in total. The van der Waals surface area contributed by atoms with E-state index in [0.29, 0.717) is 16.7 Å². The van der Waals surface area contributed by atoms with Crippen LogP contribution in [0.25, 0.3) is 10.9 Å². The van der Waals surface area contributed by atoms with Gasteiger partial charge in [0, 0.05) is 0 Å². The van der Waals surface area contributed by atoms with Crippen LogP contribution >= 0.6 is 0 Å². The summed E-state index contributed by atoms with van der Waals surface area (Å²) in [6.07, 6.45) is -0.437. The zero-order valence-electron chi connectivity index (χ0n) is 13.6. The first-order chi connectivity index (χ1) is 11.5. The highest BCUT2D eigenvalue weighted by Crippen LogP contribution is 2.16. The van der Waals surface area contributed by atoms with E-state index in [4.69, 9.17) is 4.74 Å². The molecule has 0 saturated carbocycles. The van der Waals surface area contributed by atoms with Crippen molar-refractivity contribution in [2.75, 3.05) is 0 Å². The van der Waals surface area contributed by atoms with Crippen molar-refractivity contribution in [3.8, 4) is 0 Å². The van der Waals surface area contributed by atoms with Gasteiger partial charge in [0.2, 0.25) is 0 Å². The molecule has 122 valence electrons. The number of H-pyrrole nitrogens is 1. The van der Waals surface area contributed by atoms with Crippen molar-refractivity contribution in [1.29, 1.82) is 0 Å². The quantitative estimate of drug-likeness (QED) is 0.749. The molecule has 24 heavy (non-hydrogen) atoms. The smallest absolute Gasteiger partial charge is 0.310 e. The Bertz CT molecular complexity index is 946. The Kier molecular flexibility index (Phi) is 4.42. The number of benzene rings is 2. The molecular formula is C19H18N2O3. The minimum atomic E-state index is -0.626. The molecule has 0 saturated heterocycles. The predicted molar refractivity (Wildman–Crippen MR) is 91.8 cm³/mol. The maximum Gasteiger partial charge on any atom is 0.310 e. The third kappa shape index (κ3) is 3.35. The van der Waals surface area contributed by atoms with Gasteiger partial charge in [0.05, 0.1) is 17.3 Å². The van der Waals surface area contributed by atoms with E-state index in [1.54, 1.807) is 25.1 Å². The molecule has 1 aromatic heterocycles. The SMILES string of the molecule is Cc1ccccc1CC(=O)O[C@H](C)c1nc2ccccc2c(=O)[nH]1. The van der Waals surface area contributed by atoms with Crippen molar-refractivity contribution < 1.29 is 9.53 Å². The van der Waals surface area contributed by atoms with Crippen LogP contribution in [0.1, 0.15) is 30.0 Å². The van der Waals surface area contributed by atoms with E-state index in [9.17, 15) is 9.59 Å². The number of fused-ring (bicyclic) bond motifs is 1. The number of rotatable bonds is 4. The van der Waals surface area contributed by atoms with Crippen LogP contribution in [0, 0.1) is 6.92 Å². The first kappa shape index (κ1) is 15.9. The molecule has 0 bridgehead atoms. The van der Waals surface area contributed by atoms with Crippen LogP contribution in [0.15, 0.2) is 53.3 Å². The lowest BCUT2D eigenvalue weighted by molar-refractivity contribution is -0.148. The topological polar surface area (TPSA) is 72.0 Å². The number of carbonyl (C=O) groups is 1. The number of hydrogen-bond donors (Lipinski definition) is 1. The maximum atomic E-state index is 12.2. The van der Waals surface area contributed by atoms with Crippen LogP contribution in [0.4, 0.5) is 0 Å². The second-order valence-electron chi connectivity index (χ2n) is 5.70. The van der Waals surface area contributed by atoms with Gasteiger partial charge in [-0.05, 0) is 37.1 Å². The van der Waals surface area contributed by atoms with Crippen LogP contribution in [0.5, 0.6) is 0 Å². The summed E-state index contributed by atoms with van der Waals surface area (Å²) in [5.41, 5.74) is 2.31. The number of aromatic amines is 1. The van der Waals surface area contributed by atoms with Crippen molar-refractivity contribution in [3.63, 3.8) is 0 Å². The van der Waals surface area contributed by atoms with E-state index < -0.39 is 6.10 Å². The first-order valence-corrected chi connectivity index (χ1v) is 7.77. The number of carbonyl (C=O) groups excluding carboxylic acids is 1. The zero-order chi connectivity index (χ0) is 17.1. The van der Waals surface area contributed by atoms with Gasteiger partial charge in [0.25, 0.3) is 5.56 Å². The highest BCUT2D eigenvalue weighted by atomic mass is 16.5. The maximum absolute atomic E-state index is 12.2. The first-order valence-electron chi connectivity index (χ1n) is 7.77. The predicted octanol–water partition coefficient (Wildman–Crippen LogP) is 3.08. The molecule has 5 heteroatoms. The van der Waals surface area contributed by atoms with Gasteiger partial charge in [-0.15, -0.1) is 0 Å². The second-order valence-corrected chi connectivity index (χ2v) is 5.70. The molecule has 0 aliphatic heterocycles. The molecular weight excluding hydrogens is 304 g/mol. The molecule has 3 aromatic rings. The van der Waals surface area contributed by atoms with Crippen LogP contribution in [0.2, 0.25) is 0 Å². The van der Waals surface area contributed by atoms with Crippen molar-refractivity contribution in [2.45, 2.75) is 26.4 Å². The number of aromatic nitrogens is 2. The second kappa shape index (κ2) is 6.66. The summed E-state index contributed by atoms with van der Waals surface area (Å²) in [6.45, 7) is 3.65. The van der Waals surface area contributed by atoms with E-state index in [1.807, 2.05) is 37.3 Å². The zero-order valence-corrected chi connectivity index (χ0v) is 13.6. The number of nitrogens with one attached hydrogen (secondary N) is 1. The molecule has 0 radical (unpaired) electrons. The lowest BCUT2D eigenvalue weighted by atomic mass is 10.1. The van der Waals surface area contributed by atoms with Gasteiger partial charge < -0.3 is 9.72 Å². The Morgan fingerprint density at radius 1 is 1.17 bits per heavy atom. The van der Waals surface area contributed by atoms with Crippen molar-refractivity contribution in [2.24, 2.45) is 0 Å². The van der Waals surface area contributed by atoms with Gasteiger partial charge in [-0.3, -0.25) is 9.59 Å². The monoisotopic (exact) mass is 322 g/mol. The van der Waals surface area contributed by atoms with E-state index in [0.717, 1.165) is 11.1 Å². The fraction of sp³-hybridized carbons (Fsp3) is 0.211. The van der Waals surface area contributed by atoms with E-state index in [2.05, 4.69) is 9.97 Å². The van der Waals surface area contributed by atoms with Crippen LogP contribution in [-0.4, -0.2) is 15.9 Å². The molecule has 1 N–H and O–H groups in total. The Morgan fingerprint density at radius 3 is 2.67 bits per heavy atom. The molecule has 0 fully saturated rings. The number of nitrogens with zero attached hydrogens (tertiary/aromatic N) is 1. The third-order valence-electron chi connectivity index (χ3n) is 3.92. The van der Waals surface area contributed by atoms with Gasteiger partial charge in [-0.2, -0.15) is 0 Å². The lowest BCUT2D eigenvalue weighted by Gasteiger charge is -2.13. The average Bonchev–Trinajstić information content (AvgIpc) is 2.57. The Hall–Kier alpha value is -2.95. The van der Waals surface area contributed by atoms with Gasteiger partial charge in [-0.1, -0.05) is 36.4 Å². The fourth-order valence-corrected chi connectivity index (χ4v) is 2.56. The molecule has 1 atom stereocenters. The standard InChI is InChI=1S/C19H18N2O3/c1-12-7-3-4-8-14(12)11-17(22)24-13(2)18-20-16-10-6-5-9-15(16)19(23)21-18/h3-10,13H,11H2,1-2H3,(H,20,21,23)/t13-/m1/s1. The highest BCUT2D eigenvalue weighted by molar-refractivity contribution is 5.77. The van der Waals surface area contributed by atoms with Crippen LogP contribution in [-0.2, 0) is 16.0 Å². The number of ether oxygens (including phenoxy) is 1. The highest BCUT2D eigenvalue weighted by Gasteiger charge is 2.16. The number of hydrogen-bond acceptors (Lipinski definition) is 4. The summed E-state index contributed by atoms with van der Waals surface area (Å²) < 4.78 is 5.43. The van der Waals surface area contributed by atoms with Gasteiger partial charge in [-0.25, -0.2) is 4.98 Å². The summed E-state index contributed by atoms with van der Waals surface area (Å²) in [5, 5.41) is 0.514. The summed E-state index contributed by atoms with van der Waals surface area (Å²) in [7, 11) is 0. The van der Waals surface area contributed by atoms with E-state index in [-0.39, 0.29) is 17.9 Å². The molecule has 1 heterocycles. The van der Waals surface area contributed by atoms with Crippen molar-refractivity contribution in [1.82, 2.24) is 9.97 Å². The summed E-state index contributed by atoms with van der Waals surface area (Å²) in [6, 6.07) is 14.7. The Balaban J connectivity index is 1.77. The summed E-state index contributed by atoms with van der Waals surface area (Å²) in [4.78, 5) is 31.3. The van der Waals surface area contributed by atoms with Gasteiger partial charge in [0.15, 0.2) is 11.9 Å². The Labute approximate surface area is 139 Å². The minimum Gasteiger partial charge on any atom is -0.454 e. The molecule has 0 unspecified atom stereocenters. The number of para-hydroxylation sites is 1. The molecule has 0 amide bonds. The molecule has 2 aromatic carbocycles.